The second-order valence-corrected chi connectivity index (χ2v) is 3.96. The smallest absolute Gasteiger partial charge is 0.170 e. The van der Waals surface area contributed by atoms with Crippen LogP contribution in [-0.4, -0.2) is 21.3 Å². The standard InChI is InChI=1S/C12H12FN3O/c1-8(2)16-11(7-17)12(14-15-16)9-5-3-4-6-10(9)13/h3-8H,1-2H3. The Bertz CT molecular complexity index is 548. The van der Waals surface area contributed by atoms with Crippen molar-refractivity contribution in [3.8, 4) is 11.3 Å². The first-order valence-electron chi connectivity index (χ1n) is 5.30. The zero-order chi connectivity index (χ0) is 12.4. The maximum atomic E-state index is 13.6. The molecule has 0 spiro atoms. The van der Waals surface area contributed by atoms with Gasteiger partial charge in [0.25, 0.3) is 0 Å². The van der Waals surface area contributed by atoms with Crippen LogP contribution in [0.25, 0.3) is 11.3 Å². The van der Waals surface area contributed by atoms with Crippen LogP contribution in [0.15, 0.2) is 24.3 Å². The van der Waals surface area contributed by atoms with Crippen LogP contribution in [0.1, 0.15) is 30.4 Å². The van der Waals surface area contributed by atoms with E-state index in [0.29, 0.717) is 17.5 Å². The number of halogens is 1. The number of hydrogen-bond acceptors (Lipinski definition) is 3. The third-order valence-corrected chi connectivity index (χ3v) is 2.46. The first kappa shape index (κ1) is 11.4. The second-order valence-electron chi connectivity index (χ2n) is 3.96. The van der Waals surface area contributed by atoms with Crippen LogP contribution in [0.5, 0.6) is 0 Å². The Labute approximate surface area is 98.1 Å². The highest BCUT2D eigenvalue weighted by molar-refractivity contribution is 5.83. The molecule has 0 aliphatic rings. The highest BCUT2D eigenvalue weighted by Crippen LogP contribution is 2.24. The van der Waals surface area contributed by atoms with E-state index in [-0.39, 0.29) is 11.7 Å². The largest absolute Gasteiger partial charge is 0.296 e. The molecular formula is C12H12FN3O. The molecule has 88 valence electrons. The van der Waals surface area contributed by atoms with Gasteiger partial charge in [-0.3, -0.25) is 4.79 Å². The Kier molecular flexibility index (Phi) is 2.99. The summed E-state index contributed by atoms with van der Waals surface area (Å²) in [5.74, 6) is -0.411. The van der Waals surface area contributed by atoms with Crippen molar-refractivity contribution in [3.05, 3.63) is 35.8 Å². The van der Waals surface area contributed by atoms with E-state index in [0.717, 1.165) is 0 Å². The molecule has 4 nitrogen and oxygen atoms in total. The van der Waals surface area contributed by atoms with Crippen molar-refractivity contribution in [3.63, 3.8) is 0 Å². The van der Waals surface area contributed by atoms with Gasteiger partial charge in [-0.1, -0.05) is 17.3 Å². The lowest BCUT2D eigenvalue weighted by Gasteiger charge is -2.06. The normalized spacial score (nSPS) is 10.8. The molecule has 0 fully saturated rings. The van der Waals surface area contributed by atoms with Gasteiger partial charge in [-0.05, 0) is 26.0 Å². The van der Waals surface area contributed by atoms with Gasteiger partial charge in [0.2, 0.25) is 0 Å². The Morgan fingerprint density at radius 3 is 2.65 bits per heavy atom. The quantitative estimate of drug-likeness (QED) is 0.765. The molecule has 0 atom stereocenters. The van der Waals surface area contributed by atoms with Gasteiger partial charge in [0.1, 0.15) is 17.2 Å². The van der Waals surface area contributed by atoms with Gasteiger partial charge in [0, 0.05) is 11.6 Å². The van der Waals surface area contributed by atoms with E-state index in [1.54, 1.807) is 18.2 Å². The average Bonchev–Trinajstić information content (AvgIpc) is 2.73. The van der Waals surface area contributed by atoms with Gasteiger partial charge in [0.05, 0.1) is 0 Å². The first-order chi connectivity index (χ1) is 8.15. The van der Waals surface area contributed by atoms with Gasteiger partial charge in [-0.25, -0.2) is 9.07 Å². The van der Waals surface area contributed by atoms with Gasteiger partial charge >= 0.3 is 0 Å². The van der Waals surface area contributed by atoms with Crippen LogP contribution < -0.4 is 0 Å². The summed E-state index contributed by atoms with van der Waals surface area (Å²) in [5.41, 5.74) is 0.874. The monoisotopic (exact) mass is 233 g/mol. The summed E-state index contributed by atoms with van der Waals surface area (Å²) in [7, 11) is 0. The van der Waals surface area contributed by atoms with Gasteiger partial charge in [-0.15, -0.1) is 5.10 Å². The highest BCUT2D eigenvalue weighted by atomic mass is 19.1. The zero-order valence-corrected chi connectivity index (χ0v) is 9.59. The van der Waals surface area contributed by atoms with Crippen molar-refractivity contribution in [1.82, 2.24) is 15.0 Å². The average molecular weight is 233 g/mol. The Morgan fingerprint density at radius 2 is 2.06 bits per heavy atom. The van der Waals surface area contributed by atoms with Gasteiger partial charge < -0.3 is 0 Å². The fraction of sp³-hybridized carbons (Fsp3) is 0.250. The summed E-state index contributed by atoms with van der Waals surface area (Å²) in [6, 6.07) is 6.20. The lowest BCUT2D eigenvalue weighted by Crippen LogP contribution is -2.07. The van der Waals surface area contributed by atoms with Crippen LogP contribution in [0.2, 0.25) is 0 Å². The number of rotatable bonds is 3. The van der Waals surface area contributed by atoms with Crippen LogP contribution in [0.4, 0.5) is 4.39 Å². The van der Waals surface area contributed by atoms with Crippen LogP contribution in [0.3, 0.4) is 0 Å². The summed E-state index contributed by atoms with van der Waals surface area (Å²) in [6.07, 6.45) is 0.655. The summed E-state index contributed by atoms with van der Waals surface area (Å²) in [6.45, 7) is 3.76. The third-order valence-electron chi connectivity index (χ3n) is 2.46. The summed E-state index contributed by atoms with van der Waals surface area (Å²) in [4.78, 5) is 11.1. The number of benzene rings is 1. The van der Waals surface area contributed by atoms with Gasteiger partial charge in [0.15, 0.2) is 6.29 Å². The van der Waals surface area contributed by atoms with E-state index >= 15 is 0 Å². The molecule has 17 heavy (non-hydrogen) atoms. The molecule has 1 heterocycles. The van der Waals surface area contributed by atoms with Crippen molar-refractivity contribution < 1.29 is 9.18 Å². The molecule has 0 aliphatic carbocycles. The summed E-state index contributed by atoms with van der Waals surface area (Å²) < 4.78 is 15.1. The van der Waals surface area contributed by atoms with Crippen LogP contribution >= 0.6 is 0 Å². The summed E-state index contributed by atoms with van der Waals surface area (Å²) in [5, 5.41) is 7.75. The zero-order valence-electron chi connectivity index (χ0n) is 9.59. The van der Waals surface area contributed by atoms with Crippen molar-refractivity contribution in [1.29, 1.82) is 0 Å². The van der Waals surface area contributed by atoms with E-state index in [2.05, 4.69) is 10.3 Å². The molecular weight excluding hydrogens is 221 g/mol. The number of aldehydes is 1. The maximum absolute atomic E-state index is 13.6. The minimum atomic E-state index is -0.411. The molecule has 0 aliphatic heterocycles. The molecule has 0 saturated carbocycles. The Hall–Kier alpha value is -2.04. The molecule has 1 aromatic heterocycles. The maximum Gasteiger partial charge on any atom is 0.170 e. The number of aromatic nitrogens is 3. The van der Waals surface area contributed by atoms with E-state index in [9.17, 15) is 9.18 Å². The number of carbonyl (C=O) groups is 1. The number of carbonyl (C=O) groups excluding carboxylic acids is 1. The van der Waals surface area contributed by atoms with E-state index < -0.39 is 5.82 Å². The Balaban J connectivity index is 2.61. The molecule has 0 N–H and O–H groups in total. The fourth-order valence-electron chi connectivity index (χ4n) is 1.64. The predicted molar refractivity (Wildman–Crippen MR) is 61.2 cm³/mol. The van der Waals surface area contributed by atoms with Crippen LogP contribution in [0, 0.1) is 5.82 Å². The molecule has 0 bridgehead atoms. The minimum absolute atomic E-state index is 0.00298. The van der Waals surface area contributed by atoms with E-state index in [4.69, 9.17) is 0 Å². The van der Waals surface area contributed by atoms with Crippen LogP contribution in [-0.2, 0) is 0 Å². The molecule has 2 rings (SSSR count). The summed E-state index contributed by atoms with van der Waals surface area (Å²) >= 11 is 0. The molecule has 0 unspecified atom stereocenters. The lowest BCUT2D eigenvalue weighted by atomic mass is 10.1. The molecule has 0 amide bonds. The van der Waals surface area contributed by atoms with E-state index in [1.165, 1.54) is 10.7 Å². The SMILES string of the molecule is CC(C)n1nnc(-c2ccccc2F)c1C=O. The first-order valence-corrected chi connectivity index (χ1v) is 5.30. The van der Waals surface area contributed by atoms with Crippen molar-refractivity contribution in [2.24, 2.45) is 0 Å². The fourth-order valence-corrected chi connectivity index (χ4v) is 1.64. The van der Waals surface area contributed by atoms with E-state index in [1.807, 2.05) is 13.8 Å². The Morgan fingerprint density at radius 1 is 1.35 bits per heavy atom. The third kappa shape index (κ3) is 1.95. The van der Waals surface area contributed by atoms with Crippen molar-refractivity contribution in [2.75, 3.05) is 0 Å². The molecule has 5 heteroatoms. The molecule has 1 aromatic carbocycles. The predicted octanol–water partition coefficient (Wildman–Crippen LogP) is 2.48. The number of hydrogen-bond donors (Lipinski definition) is 0. The topological polar surface area (TPSA) is 47.8 Å². The molecule has 0 radical (unpaired) electrons. The van der Waals surface area contributed by atoms with Crippen molar-refractivity contribution in [2.45, 2.75) is 19.9 Å². The lowest BCUT2D eigenvalue weighted by molar-refractivity contribution is 0.111. The minimum Gasteiger partial charge on any atom is -0.296 e. The second kappa shape index (κ2) is 4.45. The molecule has 2 aromatic rings. The van der Waals surface area contributed by atoms with Crippen molar-refractivity contribution >= 4 is 6.29 Å². The molecule has 0 saturated heterocycles. The van der Waals surface area contributed by atoms with Gasteiger partial charge in [-0.2, -0.15) is 0 Å². The highest BCUT2D eigenvalue weighted by Gasteiger charge is 2.17. The number of nitrogens with zero attached hydrogens (tertiary/aromatic N) is 3.